The van der Waals surface area contributed by atoms with Crippen molar-refractivity contribution >= 4 is 11.8 Å². The summed E-state index contributed by atoms with van der Waals surface area (Å²) in [7, 11) is 0. The van der Waals surface area contributed by atoms with E-state index in [0.29, 0.717) is 0 Å². The van der Waals surface area contributed by atoms with E-state index in [1.165, 1.54) is 31.8 Å². The minimum Gasteiger partial charge on any atom is -0.304 e. The molecule has 0 rings (SSSR count). The van der Waals surface area contributed by atoms with Gasteiger partial charge in [0.05, 0.1) is 0 Å². The van der Waals surface area contributed by atoms with E-state index in [1.54, 1.807) is 0 Å². The Morgan fingerprint density at radius 2 is 1.58 bits per heavy atom. The zero-order valence-corrected chi connectivity index (χ0v) is 10.2. The first-order chi connectivity index (χ1) is 5.85. The van der Waals surface area contributed by atoms with Gasteiger partial charge in [-0.05, 0) is 38.1 Å². The summed E-state index contributed by atoms with van der Waals surface area (Å²) >= 11 is 1.94. The van der Waals surface area contributed by atoms with Gasteiger partial charge in [-0.15, -0.1) is 0 Å². The molecule has 0 atom stereocenters. The second-order valence-electron chi connectivity index (χ2n) is 2.37. The van der Waals surface area contributed by atoms with Crippen LogP contribution in [0.1, 0.15) is 34.1 Å². The van der Waals surface area contributed by atoms with E-state index in [9.17, 15) is 0 Å². The maximum Gasteiger partial charge on any atom is -0.00111 e. The van der Waals surface area contributed by atoms with E-state index in [-0.39, 0.29) is 0 Å². The molecule has 0 saturated heterocycles. The molecule has 0 aromatic rings. The molecular weight excluding hydrogens is 166 g/mol. The number of hydrogen-bond donors (Lipinski definition) is 0. The van der Waals surface area contributed by atoms with Crippen molar-refractivity contribution in [1.82, 2.24) is 4.90 Å². The summed E-state index contributed by atoms with van der Waals surface area (Å²) in [6, 6.07) is 0. The molecular formula is C10H25NS. The Hall–Kier alpha value is 0.310. The van der Waals surface area contributed by atoms with E-state index >= 15 is 0 Å². The molecule has 76 valence electrons. The summed E-state index contributed by atoms with van der Waals surface area (Å²) in [5, 5.41) is 0. The Balaban J connectivity index is 0. The van der Waals surface area contributed by atoms with Crippen LogP contribution in [0, 0.1) is 0 Å². The van der Waals surface area contributed by atoms with Crippen molar-refractivity contribution in [2.75, 3.05) is 31.6 Å². The molecule has 0 unspecified atom stereocenters. The second kappa shape index (κ2) is 13.9. The normalized spacial score (nSPS) is 9.50. The average Bonchev–Trinajstić information content (AvgIpc) is 2.16. The molecule has 0 aromatic heterocycles. The first-order valence-electron chi connectivity index (χ1n) is 5.06. The van der Waals surface area contributed by atoms with Crippen LogP contribution in [-0.2, 0) is 0 Å². The molecule has 0 N–H and O–H groups in total. The SMILES string of the molecule is CC.CCN(CC)CCCSC. The molecule has 0 fully saturated rings. The number of hydrogen-bond acceptors (Lipinski definition) is 2. The lowest BCUT2D eigenvalue weighted by Crippen LogP contribution is -2.24. The Labute approximate surface area is 82.9 Å². The van der Waals surface area contributed by atoms with Crippen molar-refractivity contribution < 1.29 is 0 Å². The van der Waals surface area contributed by atoms with Crippen LogP contribution in [0.2, 0.25) is 0 Å². The van der Waals surface area contributed by atoms with Crippen LogP contribution in [0.3, 0.4) is 0 Å². The van der Waals surface area contributed by atoms with Crippen LogP contribution < -0.4 is 0 Å². The summed E-state index contributed by atoms with van der Waals surface area (Å²) in [5.41, 5.74) is 0. The summed E-state index contributed by atoms with van der Waals surface area (Å²) in [6.45, 7) is 12.1. The van der Waals surface area contributed by atoms with Crippen molar-refractivity contribution in [3.63, 3.8) is 0 Å². The van der Waals surface area contributed by atoms with Crippen molar-refractivity contribution in [2.45, 2.75) is 34.1 Å². The summed E-state index contributed by atoms with van der Waals surface area (Å²) in [6.07, 6.45) is 3.51. The third-order valence-corrected chi connectivity index (χ3v) is 2.41. The predicted octanol–water partition coefficient (Wildman–Crippen LogP) is 3.11. The van der Waals surface area contributed by atoms with Crippen molar-refractivity contribution in [1.29, 1.82) is 0 Å². The van der Waals surface area contributed by atoms with E-state index in [1.807, 2.05) is 25.6 Å². The molecule has 0 saturated carbocycles. The quantitative estimate of drug-likeness (QED) is 0.594. The van der Waals surface area contributed by atoms with Gasteiger partial charge in [-0.1, -0.05) is 27.7 Å². The zero-order valence-electron chi connectivity index (χ0n) is 9.39. The molecule has 0 aromatic carbocycles. The smallest absolute Gasteiger partial charge is 0.00111 e. The highest BCUT2D eigenvalue weighted by molar-refractivity contribution is 7.98. The van der Waals surface area contributed by atoms with Crippen LogP contribution >= 0.6 is 11.8 Å². The van der Waals surface area contributed by atoms with Gasteiger partial charge in [0, 0.05) is 0 Å². The summed E-state index contributed by atoms with van der Waals surface area (Å²) < 4.78 is 0. The molecule has 0 aliphatic carbocycles. The lowest BCUT2D eigenvalue weighted by atomic mass is 10.4. The lowest BCUT2D eigenvalue weighted by molar-refractivity contribution is 0.305. The first-order valence-corrected chi connectivity index (χ1v) is 6.45. The molecule has 0 bridgehead atoms. The standard InChI is InChI=1S/C8H19NS.C2H6/c1-4-9(5-2)7-6-8-10-3;1-2/h4-8H2,1-3H3;1-2H3. The highest BCUT2D eigenvalue weighted by Crippen LogP contribution is 1.97. The number of nitrogens with zero attached hydrogens (tertiary/aromatic N) is 1. The largest absolute Gasteiger partial charge is 0.304 e. The Bertz CT molecular complexity index is 62.9. The lowest BCUT2D eigenvalue weighted by Gasteiger charge is -2.16. The van der Waals surface area contributed by atoms with Gasteiger partial charge in [0.25, 0.3) is 0 Å². The van der Waals surface area contributed by atoms with E-state index < -0.39 is 0 Å². The highest BCUT2D eigenvalue weighted by atomic mass is 32.2. The second-order valence-corrected chi connectivity index (χ2v) is 3.36. The molecule has 0 amide bonds. The van der Waals surface area contributed by atoms with Crippen LogP contribution in [0.4, 0.5) is 0 Å². The van der Waals surface area contributed by atoms with Gasteiger partial charge in [-0.2, -0.15) is 11.8 Å². The fraction of sp³-hybridized carbons (Fsp3) is 1.00. The molecule has 0 aliphatic heterocycles. The topological polar surface area (TPSA) is 3.24 Å². The Morgan fingerprint density at radius 1 is 1.08 bits per heavy atom. The first kappa shape index (κ1) is 14.8. The van der Waals surface area contributed by atoms with Crippen molar-refractivity contribution in [3.05, 3.63) is 0 Å². The fourth-order valence-corrected chi connectivity index (χ4v) is 1.39. The van der Waals surface area contributed by atoms with Gasteiger partial charge >= 0.3 is 0 Å². The maximum absolute atomic E-state index is 2.47. The van der Waals surface area contributed by atoms with Crippen LogP contribution in [0.25, 0.3) is 0 Å². The van der Waals surface area contributed by atoms with E-state index in [0.717, 1.165) is 0 Å². The Kier molecular flexibility index (Phi) is 17.1. The van der Waals surface area contributed by atoms with E-state index in [2.05, 4.69) is 25.0 Å². The summed E-state index contributed by atoms with van der Waals surface area (Å²) in [4.78, 5) is 2.47. The van der Waals surface area contributed by atoms with Crippen molar-refractivity contribution in [2.24, 2.45) is 0 Å². The average molecular weight is 191 g/mol. The van der Waals surface area contributed by atoms with Crippen molar-refractivity contribution in [3.8, 4) is 0 Å². The molecule has 12 heavy (non-hydrogen) atoms. The summed E-state index contributed by atoms with van der Waals surface area (Å²) in [5.74, 6) is 1.30. The predicted molar refractivity (Wildman–Crippen MR) is 62.1 cm³/mol. The molecule has 0 aliphatic rings. The molecule has 2 heteroatoms. The van der Waals surface area contributed by atoms with Crippen LogP contribution in [-0.4, -0.2) is 36.5 Å². The molecule has 0 radical (unpaired) electrons. The number of rotatable bonds is 6. The highest BCUT2D eigenvalue weighted by Gasteiger charge is 1.95. The maximum atomic E-state index is 2.47. The van der Waals surface area contributed by atoms with Gasteiger partial charge in [-0.3, -0.25) is 0 Å². The fourth-order valence-electron chi connectivity index (χ4n) is 0.972. The van der Waals surface area contributed by atoms with Crippen LogP contribution in [0.15, 0.2) is 0 Å². The van der Waals surface area contributed by atoms with Gasteiger partial charge in [-0.25, -0.2) is 0 Å². The molecule has 0 spiro atoms. The third kappa shape index (κ3) is 10.3. The third-order valence-electron chi connectivity index (χ3n) is 1.72. The van der Waals surface area contributed by atoms with Gasteiger partial charge < -0.3 is 4.90 Å². The van der Waals surface area contributed by atoms with Gasteiger partial charge in [0.15, 0.2) is 0 Å². The monoisotopic (exact) mass is 191 g/mol. The molecule has 1 nitrogen and oxygen atoms in total. The minimum absolute atomic E-state index is 1.20. The Morgan fingerprint density at radius 3 is 1.92 bits per heavy atom. The zero-order chi connectivity index (χ0) is 9.82. The number of thioether (sulfide) groups is 1. The molecule has 0 heterocycles. The van der Waals surface area contributed by atoms with E-state index in [4.69, 9.17) is 0 Å². The minimum atomic E-state index is 1.20. The van der Waals surface area contributed by atoms with Crippen LogP contribution in [0.5, 0.6) is 0 Å². The van der Waals surface area contributed by atoms with Gasteiger partial charge in [0.1, 0.15) is 0 Å². The van der Waals surface area contributed by atoms with Gasteiger partial charge in [0.2, 0.25) is 0 Å².